The van der Waals surface area contributed by atoms with Crippen LogP contribution in [0.15, 0.2) is 24.0 Å². The third-order valence-electron chi connectivity index (χ3n) is 5.84. The summed E-state index contributed by atoms with van der Waals surface area (Å²) in [6.45, 7) is 9.13. The number of carbonyl (C=O) groups is 3. The number of aryl methyl sites for hydroxylation is 2. The Labute approximate surface area is 156 Å². The molecule has 0 radical (unpaired) electrons. The molecular weight excluding hydrogens is 348 g/mol. The van der Waals surface area contributed by atoms with Crippen LogP contribution in [0.2, 0.25) is 0 Å². The summed E-state index contributed by atoms with van der Waals surface area (Å²) in [6, 6.07) is 3.85. The highest BCUT2D eigenvalue weighted by Gasteiger charge is 2.73. The van der Waals surface area contributed by atoms with Crippen LogP contribution in [-0.2, 0) is 28.6 Å². The molecule has 2 atom stereocenters. The second-order valence-electron chi connectivity index (χ2n) is 7.33. The average Bonchev–Trinajstić information content (AvgIpc) is 2.86. The van der Waals surface area contributed by atoms with Crippen molar-refractivity contribution in [1.29, 1.82) is 0 Å². The van der Waals surface area contributed by atoms with Crippen molar-refractivity contribution in [1.82, 2.24) is 0 Å². The van der Waals surface area contributed by atoms with Crippen LogP contribution in [0.3, 0.4) is 0 Å². The lowest BCUT2D eigenvalue weighted by atomic mass is 9.60. The van der Waals surface area contributed by atoms with Crippen LogP contribution >= 0.6 is 0 Å². The minimum absolute atomic E-state index is 0.0242. The van der Waals surface area contributed by atoms with Crippen molar-refractivity contribution < 1.29 is 28.6 Å². The molecule has 2 heterocycles. The van der Waals surface area contributed by atoms with Gasteiger partial charge in [0.1, 0.15) is 5.76 Å². The zero-order valence-corrected chi connectivity index (χ0v) is 15.9. The van der Waals surface area contributed by atoms with E-state index in [0.717, 1.165) is 22.4 Å². The molecule has 0 N–H and O–H groups in total. The first-order valence-electron chi connectivity index (χ1n) is 8.86. The van der Waals surface area contributed by atoms with Gasteiger partial charge in [-0.3, -0.25) is 4.79 Å². The average molecular weight is 368 g/mol. The molecule has 1 aliphatic carbocycles. The van der Waals surface area contributed by atoms with E-state index in [2.05, 4.69) is 0 Å². The monoisotopic (exact) mass is 368 g/mol. The van der Waals surface area contributed by atoms with Gasteiger partial charge in [0.05, 0.1) is 18.3 Å². The van der Waals surface area contributed by atoms with Gasteiger partial charge in [0.25, 0.3) is 0 Å². The molecule has 6 heteroatoms. The molecule has 6 nitrogen and oxygen atoms in total. The molecule has 0 aromatic heterocycles. The van der Waals surface area contributed by atoms with Crippen molar-refractivity contribution in [2.75, 3.05) is 6.61 Å². The second-order valence-corrected chi connectivity index (χ2v) is 7.33. The Morgan fingerprint density at radius 2 is 1.89 bits per heavy atom. The Morgan fingerprint density at radius 3 is 2.56 bits per heavy atom. The van der Waals surface area contributed by atoms with Crippen molar-refractivity contribution >= 4 is 29.1 Å². The number of hydrogen-bond acceptors (Lipinski definition) is 6. The van der Waals surface area contributed by atoms with Gasteiger partial charge in [-0.15, -0.1) is 0 Å². The van der Waals surface area contributed by atoms with E-state index in [0.29, 0.717) is 10.8 Å². The Morgan fingerprint density at radius 1 is 1.19 bits per heavy atom. The molecule has 1 aromatic rings. The Bertz CT molecular complexity index is 1090. The van der Waals surface area contributed by atoms with Gasteiger partial charge in [0.2, 0.25) is 5.41 Å². The first-order valence-corrected chi connectivity index (χ1v) is 8.86. The highest BCUT2D eigenvalue weighted by molar-refractivity contribution is 6.25. The lowest BCUT2D eigenvalue weighted by Gasteiger charge is -2.47. The highest BCUT2D eigenvalue weighted by atomic mass is 16.6. The van der Waals surface area contributed by atoms with Gasteiger partial charge in [-0.1, -0.05) is 17.7 Å². The summed E-state index contributed by atoms with van der Waals surface area (Å²) in [6.07, 6.45) is 1.07. The second kappa shape index (κ2) is 5.31. The summed E-state index contributed by atoms with van der Waals surface area (Å²) in [5, 5.41) is 1.42. The van der Waals surface area contributed by atoms with E-state index >= 15 is 0 Å². The zero-order valence-electron chi connectivity index (χ0n) is 15.9. The molecule has 140 valence electrons. The Balaban J connectivity index is 2.30. The van der Waals surface area contributed by atoms with Crippen LogP contribution in [0.25, 0.3) is 11.1 Å². The van der Waals surface area contributed by atoms with Gasteiger partial charge >= 0.3 is 17.9 Å². The van der Waals surface area contributed by atoms with Gasteiger partial charge in [-0.2, -0.15) is 0 Å². The van der Waals surface area contributed by atoms with Crippen molar-refractivity contribution in [3.05, 3.63) is 45.5 Å². The van der Waals surface area contributed by atoms with Crippen LogP contribution < -0.4 is 10.4 Å². The molecule has 0 saturated carbocycles. The lowest BCUT2D eigenvalue weighted by molar-refractivity contribution is -0.172. The summed E-state index contributed by atoms with van der Waals surface area (Å²) in [4.78, 5) is 38.5. The number of rotatable bonds is 2. The maximum absolute atomic E-state index is 13.3. The van der Waals surface area contributed by atoms with E-state index in [-0.39, 0.29) is 17.9 Å². The van der Waals surface area contributed by atoms with E-state index in [4.69, 9.17) is 14.2 Å². The fourth-order valence-corrected chi connectivity index (χ4v) is 4.74. The predicted molar refractivity (Wildman–Crippen MR) is 95.4 cm³/mol. The normalized spacial score (nSPS) is 28.1. The standard InChI is InChI=1S/C21H20O6/c1-6-25-19(24)21-14-9-15(22)27-20(21,5)12(4)16-11(3)7-10(2)8-13(16)17(21)18(23)26-14/h7-9H,6H2,1-5H3. The van der Waals surface area contributed by atoms with Gasteiger partial charge in [-0.25, -0.2) is 9.59 Å². The summed E-state index contributed by atoms with van der Waals surface area (Å²) in [5.74, 6) is -1.99. The van der Waals surface area contributed by atoms with Crippen molar-refractivity contribution in [3.63, 3.8) is 0 Å². The SMILES string of the molecule is CCOC(=O)C12C3=CC(=O)OC1(C)C(C)=c1c(C)cc(C)cc1=C2C(=O)O3. The molecular formula is C21H20O6. The molecule has 0 amide bonds. The van der Waals surface area contributed by atoms with Gasteiger partial charge in [0.15, 0.2) is 5.60 Å². The Kier molecular flexibility index (Phi) is 3.45. The Hall–Kier alpha value is -2.89. The van der Waals surface area contributed by atoms with Crippen LogP contribution in [0.5, 0.6) is 0 Å². The number of carbonyl (C=O) groups excluding carboxylic acids is 3. The maximum atomic E-state index is 13.3. The topological polar surface area (TPSA) is 78.9 Å². The van der Waals surface area contributed by atoms with Gasteiger partial charge < -0.3 is 14.2 Å². The fraction of sp³-hybridized carbons (Fsp3) is 0.381. The van der Waals surface area contributed by atoms with Gasteiger partial charge in [0, 0.05) is 0 Å². The van der Waals surface area contributed by atoms with Crippen molar-refractivity contribution in [3.8, 4) is 0 Å². The summed E-state index contributed by atoms with van der Waals surface area (Å²) in [7, 11) is 0. The fourth-order valence-electron chi connectivity index (χ4n) is 4.74. The van der Waals surface area contributed by atoms with E-state index in [1.165, 1.54) is 0 Å². The van der Waals surface area contributed by atoms with E-state index in [1.807, 2.05) is 32.9 Å². The third kappa shape index (κ3) is 1.88. The minimum atomic E-state index is -1.63. The molecule has 2 unspecified atom stereocenters. The van der Waals surface area contributed by atoms with E-state index in [9.17, 15) is 14.4 Å². The summed E-state index contributed by atoms with van der Waals surface area (Å²) >= 11 is 0. The highest BCUT2D eigenvalue weighted by Crippen LogP contribution is 2.59. The van der Waals surface area contributed by atoms with Gasteiger partial charge in [-0.05, 0) is 56.2 Å². The molecule has 1 saturated heterocycles. The summed E-state index contributed by atoms with van der Waals surface area (Å²) in [5.41, 5.74) is -0.313. The largest absolute Gasteiger partial charge is 0.465 e. The molecule has 1 fully saturated rings. The number of benzene rings is 1. The number of ether oxygens (including phenoxy) is 3. The molecule has 1 aromatic carbocycles. The maximum Gasteiger partial charge on any atom is 0.341 e. The molecule has 0 spiro atoms. The number of esters is 3. The van der Waals surface area contributed by atoms with E-state index < -0.39 is 28.9 Å². The predicted octanol–water partition coefficient (Wildman–Crippen LogP) is 0.944. The molecule has 3 aliphatic rings. The number of fused-ring (bicyclic) bond motifs is 1. The third-order valence-corrected chi connectivity index (χ3v) is 5.84. The molecule has 0 bridgehead atoms. The smallest absolute Gasteiger partial charge is 0.341 e. The molecule has 27 heavy (non-hydrogen) atoms. The first kappa shape index (κ1) is 17.5. The van der Waals surface area contributed by atoms with E-state index in [1.54, 1.807) is 13.8 Å². The van der Waals surface area contributed by atoms with Crippen LogP contribution in [0, 0.1) is 19.3 Å². The lowest BCUT2D eigenvalue weighted by Crippen LogP contribution is -2.63. The van der Waals surface area contributed by atoms with Crippen LogP contribution in [0.4, 0.5) is 0 Å². The number of hydrogen-bond donors (Lipinski definition) is 0. The quantitative estimate of drug-likeness (QED) is 0.571. The molecule has 2 aliphatic heterocycles. The minimum Gasteiger partial charge on any atom is -0.465 e. The van der Waals surface area contributed by atoms with Crippen molar-refractivity contribution in [2.45, 2.75) is 40.2 Å². The zero-order chi connectivity index (χ0) is 19.7. The first-order chi connectivity index (χ1) is 12.7. The molecule has 4 rings (SSSR count). The van der Waals surface area contributed by atoms with Crippen molar-refractivity contribution in [2.24, 2.45) is 5.41 Å². The van der Waals surface area contributed by atoms with Crippen LogP contribution in [0.1, 0.15) is 31.9 Å². The summed E-state index contributed by atoms with van der Waals surface area (Å²) < 4.78 is 16.5. The van der Waals surface area contributed by atoms with Crippen LogP contribution in [-0.4, -0.2) is 30.1 Å².